The summed E-state index contributed by atoms with van der Waals surface area (Å²) in [5, 5.41) is 0.0818. The van der Waals surface area contributed by atoms with Crippen molar-refractivity contribution in [2.45, 2.75) is 12.4 Å². The summed E-state index contributed by atoms with van der Waals surface area (Å²) in [4.78, 5) is 6.38. The Morgan fingerprint density at radius 2 is 2.10 bits per heavy atom. The van der Waals surface area contributed by atoms with Gasteiger partial charge in [0.2, 0.25) is 0 Å². The largest absolute Gasteiger partial charge is 0.378 e. The Bertz CT molecular complexity index is 616. The van der Waals surface area contributed by atoms with E-state index in [4.69, 9.17) is 27.9 Å². The molecule has 1 heterocycles. The zero-order valence-electron chi connectivity index (χ0n) is 12.1. The number of hydrogen-bond acceptors (Lipinski definition) is 3. The van der Waals surface area contributed by atoms with Crippen LogP contribution in [0, 0.1) is 5.82 Å². The fourth-order valence-corrected chi connectivity index (χ4v) is 2.39. The lowest BCUT2D eigenvalue weighted by atomic mass is 10.3. The molecule has 116 valence electrons. The lowest BCUT2D eigenvalue weighted by Gasteiger charge is -2.11. The Balaban J connectivity index is 2.12. The molecule has 0 saturated carbocycles. The summed E-state index contributed by atoms with van der Waals surface area (Å²) in [6, 6.07) is 2.91. The van der Waals surface area contributed by atoms with Crippen LogP contribution in [0.5, 0.6) is 0 Å². The van der Waals surface area contributed by atoms with Crippen LogP contribution in [0.15, 0.2) is 12.1 Å². The van der Waals surface area contributed by atoms with Gasteiger partial charge in [0.1, 0.15) is 11.6 Å². The number of fused-ring (bicyclic) bond motifs is 1. The molecular formula is C14H18Cl2FN3O. The first-order valence-corrected chi connectivity index (χ1v) is 7.56. The summed E-state index contributed by atoms with van der Waals surface area (Å²) in [7, 11) is 3.99. The van der Waals surface area contributed by atoms with E-state index < -0.39 is 5.82 Å². The molecule has 21 heavy (non-hydrogen) atoms. The molecule has 2 aromatic rings. The molecule has 0 amide bonds. The third-order valence-electron chi connectivity index (χ3n) is 3.13. The van der Waals surface area contributed by atoms with Crippen LogP contribution in [-0.4, -0.2) is 48.3 Å². The second-order valence-corrected chi connectivity index (χ2v) is 5.66. The van der Waals surface area contributed by atoms with E-state index in [1.54, 1.807) is 6.07 Å². The average Bonchev–Trinajstić information content (AvgIpc) is 2.76. The van der Waals surface area contributed by atoms with E-state index in [-0.39, 0.29) is 10.9 Å². The van der Waals surface area contributed by atoms with E-state index in [2.05, 4.69) is 9.88 Å². The zero-order chi connectivity index (χ0) is 15.4. The predicted octanol–water partition coefficient (Wildman–Crippen LogP) is 3.15. The molecule has 4 nitrogen and oxygen atoms in total. The number of likely N-dealkylation sites (N-methyl/N-ethyl adjacent to an activating group) is 1. The van der Waals surface area contributed by atoms with Crippen LogP contribution in [0.25, 0.3) is 11.0 Å². The van der Waals surface area contributed by atoms with E-state index in [9.17, 15) is 4.39 Å². The molecule has 0 atom stereocenters. The van der Waals surface area contributed by atoms with Gasteiger partial charge in [0.05, 0.1) is 35.1 Å². The number of halogens is 3. The van der Waals surface area contributed by atoms with E-state index in [1.807, 2.05) is 18.7 Å². The van der Waals surface area contributed by atoms with E-state index in [0.717, 1.165) is 12.1 Å². The van der Waals surface area contributed by atoms with Gasteiger partial charge in [0.15, 0.2) is 0 Å². The van der Waals surface area contributed by atoms with E-state index in [0.29, 0.717) is 31.1 Å². The van der Waals surface area contributed by atoms with Crippen LogP contribution < -0.4 is 0 Å². The van der Waals surface area contributed by atoms with E-state index >= 15 is 0 Å². The van der Waals surface area contributed by atoms with Crippen molar-refractivity contribution in [1.29, 1.82) is 0 Å². The summed E-state index contributed by atoms with van der Waals surface area (Å²) in [5.74, 6) is 0.465. The number of alkyl halides is 1. The SMILES string of the molecule is CN(C)CCOCCn1c(CCl)nc2cc(F)c(Cl)cc21. The van der Waals surface area contributed by atoms with Gasteiger partial charge < -0.3 is 14.2 Å². The monoisotopic (exact) mass is 333 g/mol. The van der Waals surface area contributed by atoms with Crippen molar-refractivity contribution in [2.24, 2.45) is 0 Å². The number of ether oxygens (including phenoxy) is 1. The molecular weight excluding hydrogens is 316 g/mol. The minimum absolute atomic E-state index is 0.0818. The van der Waals surface area contributed by atoms with Crippen molar-refractivity contribution < 1.29 is 9.13 Å². The average molecular weight is 334 g/mol. The molecule has 1 aromatic heterocycles. The van der Waals surface area contributed by atoms with Crippen molar-refractivity contribution in [3.8, 4) is 0 Å². The van der Waals surface area contributed by atoms with Gasteiger partial charge in [-0.1, -0.05) is 11.6 Å². The number of rotatable bonds is 7. The quantitative estimate of drug-likeness (QED) is 0.576. The van der Waals surface area contributed by atoms with Crippen LogP contribution in [0.2, 0.25) is 5.02 Å². The van der Waals surface area contributed by atoms with Gasteiger partial charge in [-0.05, 0) is 20.2 Å². The maximum absolute atomic E-state index is 13.5. The van der Waals surface area contributed by atoms with Gasteiger partial charge in [0, 0.05) is 19.2 Å². The maximum Gasteiger partial charge on any atom is 0.144 e. The first kappa shape index (κ1) is 16.5. The first-order chi connectivity index (χ1) is 10.0. The minimum Gasteiger partial charge on any atom is -0.378 e. The highest BCUT2D eigenvalue weighted by molar-refractivity contribution is 6.31. The number of nitrogens with zero attached hydrogens (tertiary/aromatic N) is 3. The highest BCUT2D eigenvalue weighted by Gasteiger charge is 2.13. The Morgan fingerprint density at radius 3 is 2.76 bits per heavy atom. The van der Waals surface area contributed by atoms with Crippen LogP contribution >= 0.6 is 23.2 Å². The predicted molar refractivity (Wildman–Crippen MR) is 83.6 cm³/mol. The summed E-state index contributed by atoms with van der Waals surface area (Å²) in [5.41, 5.74) is 1.33. The smallest absolute Gasteiger partial charge is 0.144 e. The second kappa shape index (κ2) is 7.40. The van der Waals surface area contributed by atoms with Crippen molar-refractivity contribution in [3.05, 3.63) is 28.8 Å². The molecule has 0 bridgehead atoms. The molecule has 0 aliphatic carbocycles. The fourth-order valence-electron chi connectivity index (χ4n) is 2.03. The molecule has 0 aliphatic rings. The van der Waals surface area contributed by atoms with Gasteiger partial charge >= 0.3 is 0 Å². The first-order valence-electron chi connectivity index (χ1n) is 6.65. The Hall–Kier alpha value is -0.880. The van der Waals surface area contributed by atoms with E-state index in [1.165, 1.54) is 6.07 Å². The van der Waals surface area contributed by atoms with Gasteiger partial charge in [-0.25, -0.2) is 9.37 Å². The number of aromatic nitrogens is 2. The molecule has 1 aromatic carbocycles. The topological polar surface area (TPSA) is 30.3 Å². The normalized spacial score (nSPS) is 11.7. The molecule has 0 saturated heterocycles. The Morgan fingerprint density at radius 1 is 1.33 bits per heavy atom. The molecule has 0 spiro atoms. The van der Waals surface area contributed by atoms with Crippen molar-refractivity contribution in [3.63, 3.8) is 0 Å². The molecule has 0 radical (unpaired) electrons. The van der Waals surface area contributed by atoms with Gasteiger partial charge in [-0.15, -0.1) is 11.6 Å². The molecule has 2 rings (SSSR count). The van der Waals surface area contributed by atoms with Gasteiger partial charge in [-0.2, -0.15) is 0 Å². The Labute approximate surface area is 133 Å². The third-order valence-corrected chi connectivity index (χ3v) is 3.66. The highest BCUT2D eigenvalue weighted by Crippen LogP contribution is 2.24. The third kappa shape index (κ3) is 4.07. The Kier molecular flexibility index (Phi) is 5.81. The van der Waals surface area contributed by atoms with Gasteiger partial charge in [0.25, 0.3) is 0 Å². The summed E-state index contributed by atoms with van der Waals surface area (Å²) in [6.07, 6.45) is 0. The van der Waals surface area contributed by atoms with Crippen LogP contribution in [-0.2, 0) is 17.2 Å². The van der Waals surface area contributed by atoms with Crippen LogP contribution in [0.1, 0.15) is 5.82 Å². The number of imidazole rings is 1. The number of benzene rings is 1. The molecule has 0 unspecified atom stereocenters. The van der Waals surface area contributed by atoms with Crippen molar-refractivity contribution in [2.75, 3.05) is 33.9 Å². The molecule has 7 heteroatoms. The lowest BCUT2D eigenvalue weighted by Crippen LogP contribution is -2.19. The summed E-state index contributed by atoms with van der Waals surface area (Å²) in [6.45, 7) is 2.67. The lowest BCUT2D eigenvalue weighted by molar-refractivity contribution is 0.111. The zero-order valence-corrected chi connectivity index (χ0v) is 13.6. The van der Waals surface area contributed by atoms with Crippen LogP contribution in [0.3, 0.4) is 0 Å². The summed E-state index contributed by atoms with van der Waals surface area (Å²) < 4.78 is 21.0. The molecule has 0 N–H and O–H groups in total. The molecule has 0 aliphatic heterocycles. The number of hydrogen-bond donors (Lipinski definition) is 0. The molecule has 0 fully saturated rings. The van der Waals surface area contributed by atoms with Crippen molar-refractivity contribution >= 4 is 34.2 Å². The fraction of sp³-hybridized carbons (Fsp3) is 0.500. The van der Waals surface area contributed by atoms with Gasteiger partial charge in [-0.3, -0.25) is 0 Å². The second-order valence-electron chi connectivity index (χ2n) is 4.98. The summed E-state index contributed by atoms with van der Waals surface area (Å²) >= 11 is 11.8. The minimum atomic E-state index is -0.475. The standard InChI is InChI=1S/C14H18Cl2FN3O/c1-19(2)3-5-21-6-4-20-13-7-10(16)11(17)8-12(13)18-14(20)9-15/h7-8H,3-6,9H2,1-2H3. The van der Waals surface area contributed by atoms with Crippen LogP contribution in [0.4, 0.5) is 4.39 Å². The highest BCUT2D eigenvalue weighted by atomic mass is 35.5. The maximum atomic E-state index is 13.5. The van der Waals surface area contributed by atoms with Crippen molar-refractivity contribution in [1.82, 2.24) is 14.5 Å².